The Morgan fingerprint density at radius 2 is 1.61 bits per heavy atom. The minimum atomic E-state index is 0.590. The lowest BCUT2D eigenvalue weighted by atomic mass is 9.81. The van der Waals surface area contributed by atoms with Crippen LogP contribution in [0.5, 0.6) is 0 Å². The van der Waals surface area contributed by atoms with Crippen molar-refractivity contribution >= 4 is 17.2 Å². The Labute approximate surface area is 113 Å². The van der Waals surface area contributed by atoms with Crippen molar-refractivity contribution in [3.05, 3.63) is 76.3 Å². The Bertz CT molecular complexity index is 611. The molecule has 0 saturated carbocycles. The molecule has 0 aromatic heterocycles. The van der Waals surface area contributed by atoms with Gasteiger partial charge in [0.05, 0.1) is 0 Å². The quantitative estimate of drug-likeness (QED) is 0.650. The molecule has 90 valence electrons. The Balaban J connectivity index is 2.18. The topological polar surface area (TPSA) is 0 Å². The fourth-order valence-electron chi connectivity index (χ4n) is 2.64. The van der Waals surface area contributed by atoms with Crippen LogP contribution in [0.2, 0.25) is 5.02 Å². The maximum absolute atomic E-state index is 6.32. The van der Waals surface area contributed by atoms with Crippen molar-refractivity contribution in [1.82, 2.24) is 0 Å². The standard InChI is InChI=1S/C17H15Cl/c1-12-10-11-15(14-7-3-2-6-13(12)14)16-8-4-5-9-17(16)18/h2-9,11-12H,10H2,1H3. The lowest BCUT2D eigenvalue weighted by Gasteiger charge is -2.23. The van der Waals surface area contributed by atoms with Crippen LogP contribution in [0.1, 0.15) is 36.0 Å². The van der Waals surface area contributed by atoms with Crippen molar-refractivity contribution in [2.75, 3.05) is 0 Å². The fraction of sp³-hybridized carbons (Fsp3) is 0.176. The van der Waals surface area contributed by atoms with Gasteiger partial charge < -0.3 is 0 Å². The monoisotopic (exact) mass is 254 g/mol. The van der Waals surface area contributed by atoms with Gasteiger partial charge in [-0.1, -0.05) is 67.1 Å². The molecule has 1 heteroatoms. The van der Waals surface area contributed by atoms with E-state index in [0.717, 1.165) is 17.0 Å². The fourth-order valence-corrected chi connectivity index (χ4v) is 2.88. The Morgan fingerprint density at radius 3 is 2.39 bits per heavy atom. The molecule has 2 aromatic carbocycles. The second-order valence-electron chi connectivity index (χ2n) is 4.82. The van der Waals surface area contributed by atoms with E-state index in [1.165, 1.54) is 16.7 Å². The van der Waals surface area contributed by atoms with E-state index in [1.54, 1.807) is 0 Å². The van der Waals surface area contributed by atoms with Gasteiger partial charge in [0.2, 0.25) is 0 Å². The zero-order valence-corrected chi connectivity index (χ0v) is 11.1. The van der Waals surface area contributed by atoms with E-state index in [-0.39, 0.29) is 0 Å². The summed E-state index contributed by atoms with van der Waals surface area (Å²) < 4.78 is 0. The molecule has 0 amide bonds. The second-order valence-corrected chi connectivity index (χ2v) is 5.23. The number of rotatable bonds is 1. The molecular formula is C17H15Cl. The molecule has 1 atom stereocenters. The highest BCUT2D eigenvalue weighted by Gasteiger charge is 2.19. The summed E-state index contributed by atoms with van der Waals surface area (Å²) in [5.41, 5.74) is 5.16. The van der Waals surface area contributed by atoms with Gasteiger partial charge in [-0.15, -0.1) is 0 Å². The van der Waals surface area contributed by atoms with E-state index in [1.807, 2.05) is 18.2 Å². The highest BCUT2D eigenvalue weighted by molar-refractivity contribution is 6.32. The Morgan fingerprint density at radius 1 is 0.944 bits per heavy atom. The first-order valence-electron chi connectivity index (χ1n) is 6.31. The van der Waals surface area contributed by atoms with E-state index >= 15 is 0 Å². The lowest BCUT2D eigenvalue weighted by Crippen LogP contribution is -2.04. The van der Waals surface area contributed by atoms with E-state index in [9.17, 15) is 0 Å². The average Bonchev–Trinajstić information content (AvgIpc) is 2.41. The number of fused-ring (bicyclic) bond motifs is 1. The van der Waals surface area contributed by atoms with Crippen molar-refractivity contribution in [1.29, 1.82) is 0 Å². The van der Waals surface area contributed by atoms with Crippen LogP contribution < -0.4 is 0 Å². The summed E-state index contributed by atoms with van der Waals surface area (Å²) >= 11 is 6.32. The van der Waals surface area contributed by atoms with E-state index in [2.05, 4.69) is 43.3 Å². The number of hydrogen-bond acceptors (Lipinski definition) is 0. The van der Waals surface area contributed by atoms with Crippen molar-refractivity contribution in [2.24, 2.45) is 0 Å². The Kier molecular flexibility index (Phi) is 2.97. The summed E-state index contributed by atoms with van der Waals surface area (Å²) in [5, 5.41) is 0.827. The summed E-state index contributed by atoms with van der Waals surface area (Å²) in [5.74, 6) is 0.590. The molecule has 0 bridgehead atoms. The van der Waals surface area contributed by atoms with Gasteiger partial charge in [-0.05, 0) is 35.1 Å². The SMILES string of the molecule is CC1CC=C(c2ccccc2Cl)c2ccccc21. The lowest BCUT2D eigenvalue weighted by molar-refractivity contribution is 0.768. The maximum Gasteiger partial charge on any atom is 0.0484 e. The highest BCUT2D eigenvalue weighted by Crippen LogP contribution is 2.39. The molecular weight excluding hydrogens is 240 g/mol. The Hall–Kier alpha value is -1.53. The van der Waals surface area contributed by atoms with Crippen LogP contribution >= 0.6 is 11.6 Å². The first-order valence-corrected chi connectivity index (χ1v) is 6.69. The summed E-state index contributed by atoms with van der Waals surface area (Å²) in [7, 11) is 0. The van der Waals surface area contributed by atoms with Crippen LogP contribution in [0.4, 0.5) is 0 Å². The van der Waals surface area contributed by atoms with Gasteiger partial charge in [0.1, 0.15) is 0 Å². The minimum Gasteiger partial charge on any atom is -0.0837 e. The number of benzene rings is 2. The predicted molar refractivity (Wildman–Crippen MR) is 78.0 cm³/mol. The number of allylic oxidation sites excluding steroid dienone is 1. The van der Waals surface area contributed by atoms with Gasteiger partial charge in [0, 0.05) is 10.6 Å². The van der Waals surface area contributed by atoms with Crippen molar-refractivity contribution in [3.8, 4) is 0 Å². The minimum absolute atomic E-state index is 0.590. The largest absolute Gasteiger partial charge is 0.0837 e. The van der Waals surface area contributed by atoms with Gasteiger partial charge in [-0.3, -0.25) is 0 Å². The van der Waals surface area contributed by atoms with E-state index in [4.69, 9.17) is 11.6 Å². The first kappa shape index (κ1) is 11.6. The van der Waals surface area contributed by atoms with Gasteiger partial charge in [-0.25, -0.2) is 0 Å². The summed E-state index contributed by atoms with van der Waals surface area (Å²) in [6.07, 6.45) is 3.39. The third-order valence-electron chi connectivity index (χ3n) is 3.62. The van der Waals surface area contributed by atoms with Gasteiger partial charge >= 0.3 is 0 Å². The zero-order valence-electron chi connectivity index (χ0n) is 10.4. The molecule has 0 fully saturated rings. The van der Waals surface area contributed by atoms with Gasteiger partial charge in [-0.2, -0.15) is 0 Å². The highest BCUT2D eigenvalue weighted by atomic mass is 35.5. The normalized spacial score (nSPS) is 18.1. The molecule has 1 aliphatic carbocycles. The molecule has 0 nitrogen and oxygen atoms in total. The number of halogens is 1. The van der Waals surface area contributed by atoms with Crippen molar-refractivity contribution in [3.63, 3.8) is 0 Å². The smallest absolute Gasteiger partial charge is 0.0484 e. The maximum atomic E-state index is 6.32. The van der Waals surface area contributed by atoms with Gasteiger partial charge in [0.25, 0.3) is 0 Å². The van der Waals surface area contributed by atoms with Crippen LogP contribution in [-0.2, 0) is 0 Å². The van der Waals surface area contributed by atoms with E-state index < -0.39 is 0 Å². The molecule has 1 unspecified atom stereocenters. The van der Waals surface area contributed by atoms with Crippen LogP contribution in [0.25, 0.3) is 5.57 Å². The third kappa shape index (κ3) is 1.87. The van der Waals surface area contributed by atoms with Crippen molar-refractivity contribution in [2.45, 2.75) is 19.3 Å². The molecule has 2 aromatic rings. The number of hydrogen-bond donors (Lipinski definition) is 0. The third-order valence-corrected chi connectivity index (χ3v) is 3.95. The summed E-state index contributed by atoms with van der Waals surface area (Å²) in [4.78, 5) is 0. The second kappa shape index (κ2) is 4.62. The van der Waals surface area contributed by atoms with Crippen LogP contribution in [0.15, 0.2) is 54.6 Å². The first-order chi connectivity index (χ1) is 8.77. The zero-order chi connectivity index (χ0) is 12.5. The molecule has 0 N–H and O–H groups in total. The van der Waals surface area contributed by atoms with Crippen LogP contribution in [-0.4, -0.2) is 0 Å². The van der Waals surface area contributed by atoms with Crippen LogP contribution in [0.3, 0.4) is 0 Å². The molecule has 0 heterocycles. The molecule has 0 spiro atoms. The molecule has 0 saturated heterocycles. The summed E-state index contributed by atoms with van der Waals surface area (Å²) in [6.45, 7) is 2.28. The molecule has 0 aliphatic heterocycles. The molecule has 0 radical (unpaired) electrons. The molecule has 18 heavy (non-hydrogen) atoms. The van der Waals surface area contributed by atoms with E-state index in [0.29, 0.717) is 5.92 Å². The average molecular weight is 255 g/mol. The predicted octanol–water partition coefficient (Wildman–Crippen LogP) is 5.28. The summed E-state index contributed by atoms with van der Waals surface area (Å²) in [6, 6.07) is 16.7. The van der Waals surface area contributed by atoms with Crippen molar-refractivity contribution < 1.29 is 0 Å². The molecule has 1 aliphatic rings. The van der Waals surface area contributed by atoms with Gasteiger partial charge in [0.15, 0.2) is 0 Å². The van der Waals surface area contributed by atoms with Crippen LogP contribution in [0, 0.1) is 0 Å². The molecule has 3 rings (SSSR count).